The highest BCUT2D eigenvalue weighted by Crippen LogP contribution is 2.28. The SMILES string of the molecule is CN1CCC(c2nc(-c3cccc(CN4CCOCC4)c3)no2)CC1. The van der Waals surface area contributed by atoms with Crippen molar-refractivity contribution in [1.29, 1.82) is 0 Å². The molecule has 6 nitrogen and oxygen atoms in total. The molecule has 0 aliphatic carbocycles. The number of likely N-dealkylation sites (tertiary alicyclic amines) is 1. The maximum absolute atomic E-state index is 5.58. The molecule has 0 bridgehead atoms. The summed E-state index contributed by atoms with van der Waals surface area (Å²) in [5.41, 5.74) is 2.32. The highest BCUT2D eigenvalue weighted by Gasteiger charge is 2.24. The lowest BCUT2D eigenvalue weighted by molar-refractivity contribution is 0.0342. The first-order valence-electron chi connectivity index (χ1n) is 9.19. The second-order valence-corrected chi connectivity index (χ2v) is 7.12. The molecule has 4 rings (SSSR count). The Morgan fingerprint density at radius 2 is 1.92 bits per heavy atom. The Bertz CT molecular complexity index is 688. The fourth-order valence-corrected chi connectivity index (χ4v) is 3.60. The van der Waals surface area contributed by atoms with Gasteiger partial charge in [0, 0.05) is 31.1 Å². The molecule has 0 saturated carbocycles. The second kappa shape index (κ2) is 7.64. The van der Waals surface area contributed by atoms with Crippen LogP contribution >= 0.6 is 0 Å². The van der Waals surface area contributed by atoms with Crippen molar-refractivity contribution in [2.75, 3.05) is 46.4 Å². The van der Waals surface area contributed by atoms with E-state index in [1.54, 1.807) is 0 Å². The van der Waals surface area contributed by atoms with Crippen LogP contribution in [0.3, 0.4) is 0 Å². The van der Waals surface area contributed by atoms with E-state index in [2.05, 4.69) is 51.3 Å². The van der Waals surface area contributed by atoms with Crippen LogP contribution in [0.15, 0.2) is 28.8 Å². The number of piperidine rings is 1. The number of aromatic nitrogens is 2. The summed E-state index contributed by atoms with van der Waals surface area (Å²) < 4.78 is 11.0. The summed E-state index contributed by atoms with van der Waals surface area (Å²) in [4.78, 5) is 9.46. The largest absolute Gasteiger partial charge is 0.379 e. The normalized spacial score (nSPS) is 20.8. The van der Waals surface area contributed by atoms with E-state index in [-0.39, 0.29) is 0 Å². The van der Waals surface area contributed by atoms with Crippen LogP contribution in [-0.4, -0.2) is 66.4 Å². The minimum atomic E-state index is 0.397. The quantitative estimate of drug-likeness (QED) is 0.850. The first-order valence-corrected chi connectivity index (χ1v) is 9.19. The molecule has 1 aromatic heterocycles. The lowest BCUT2D eigenvalue weighted by Crippen LogP contribution is -2.35. The zero-order chi connectivity index (χ0) is 17.1. The van der Waals surface area contributed by atoms with E-state index in [4.69, 9.17) is 9.26 Å². The van der Waals surface area contributed by atoms with Crippen LogP contribution in [0.5, 0.6) is 0 Å². The highest BCUT2D eigenvalue weighted by molar-refractivity contribution is 5.55. The van der Waals surface area contributed by atoms with E-state index in [0.29, 0.717) is 11.7 Å². The summed E-state index contributed by atoms with van der Waals surface area (Å²) in [6, 6.07) is 8.48. The number of ether oxygens (including phenoxy) is 1. The van der Waals surface area contributed by atoms with Crippen molar-refractivity contribution in [3.05, 3.63) is 35.7 Å². The standard InChI is InChI=1S/C19H26N4O2/c1-22-7-5-16(6-8-22)19-20-18(21-25-19)17-4-2-3-15(13-17)14-23-9-11-24-12-10-23/h2-4,13,16H,5-12,14H2,1H3. The summed E-state index contributed by atoms with van der Waals surface area (Å²) >= 11 is 0. The third-order valence-electron chi connectivity index (χ3n) is 5.20. The van der Waals surface area contributed by atoms with Crippen LogP contribution in [0.2, 0.25) is 0 Å². The predicted molar refractivity (Wildman–Crippen MR) is 95.3 cm³/mol. The van der Waals surface area contributed by atoms with Crippen molar-refractivity contribution < 1.29 is 9.26 Å². The highest BCUT2D eigenvalue weighted by atomic mass is 16.5. The van der Waals surface area contributed by atoms with E-state index in [9.17, 15) is 0 Å². The molecule has 0 atom stereocenters. The average Bonchev–Trinajstić information content (AvgIpc) is 3.14. The van der Waals surface area contributed by atoms with Gasteiger partial charge in [-0.3, -0.25) is 4.90 Å². The Morgan fingerprint density at radius 3 is 2.72 bits per heavy atom. The summed E-state index contributed by atoms with van der Waals surface area (Å²) in [6.07, 6.45) is 2.18. The predicted octanol–water partition coefficient (Wildman–Crippen LogP) is 2.38. The van der Waals surface area contributed by atoms with Crippen LogP contribution in [0.25, 0.3) is 11.4 Å². The molecule has 6 heteroatoms. The fraction of sp³-hybridized carbons (Fsp3) is 0.579. The minimum absolute atomic E-state index is 0.397. The zero-order valence-corrected chi connectivity index (χ0v) is 14.9. The van der Waals surface area contributed by atoms with Crippen LogP contribution < -0.4 is 0 Å². The van der Waals surface area contributed by atoms with Gasteiger partial charge in [0.2, 0.25) is 11.7 Å². The number of morpholine rings is 1. The second-order valence-electron chi connectivity index (χ2n) is 7.12. The van der Waals surface area contributed by atoms with Crippen molar-refractivity contribution in [3.8, 4) is 11.4 Å². The molecule has 2 aliphatic heterocycles. The topological polar surface area (TPSA) is 54.6 Å². The van der Waals surface area contributed by atoms with E-state index < -0.39 is 0 Å². The fourth-order valence-electron chi connectivity index (χ4n) is 3.60. The van der Waals surface area contributed by atoms with E-state index in [1.165, 1.54) is 5.56 Å². The van der Waals surface area contributed by atoms with Crippen molar-refractivity contribution in [1.82, 2.24) is 19.9 Å². The molecule has 1 aromatic carbocycles. The van der Waals surface area contributed by atoms with Gasteiger partial charge in [-0.2, -0.15) is 4.98 Å². The Labute approximate surface area is 148 Å². The molecular formula is C19H26N4O2. The van der Waals surface area contributed by atoms with E-state index in [0.717, 1.165) is 70.2 Å². The van der Waals surface area contributed by atoms with Crippen LogP contribution in [-0.2, 0) is 11.3 Å². The lowest BCUT2D eigenvalue weighted by Gasteiger charge is -2.26. The minimum Gasteiger partial charge on any atom is -0.379 e. The maximum Gasteiger partial charge on any atom is 0.230 e. The van der Waals surface area contributed by atoms with E-state index >= 15 is 0 Å². The van der Waals surface area contributed by atoms with Gasteiger partial charge in [0.05, 0.1) is 13.2 Å². The third-order valence-corrected chi connectivity index (χ3v) is 5.20. The van der Waals surface area contributed by atoms with Gasteiger partial charge in [-0.05, 0) is 44.6 Å². The first-order chi connectivity index (χ1) is 12.3. The van der Waals surface area contributed by atoms with Gasteiger partial charge in [-0.15, -0.1) is 0 Å². The van der Waals surface area contributed by atoms with Crippen molar-refractivity contribution >= 4 is 0 Å². The molecule has 134 valence electrons. The Morgan fingerprint density at radius 1 is 1.12 bits per heavy atom. The van der Waals surface area contributed by atoms with Gasteiger partial charge in [0.15, 0.2) is 0 Å². The summed E-state index contributed by atoms with van der Waals surface area (Å²) in [6.45, 7) is 6.76. The number of nitrogens with zero attached hydrogens (tertiary/aromatic N) is 4. The first kappa shape index (κ1) is 16.7. The molecule has 0 unspecified atom stereocenters. The number of hydrogen-bond donors (Lipinski definition) is 0. The van der Waals surface area contributed by atoms with Gasteiger partial charge < -0.3 is 14.2 Å². The van der Waals surface area contributed by atoms with Gasteiger partial charge >= 0.3 is 0 Å². The average molecular weight is 342 g/mol. The lowest BCUT2D eigenvalue weighted by atomic mass is 9.97. The molecule has 0 N–H and O–H groups in total. The molecule has 0 spiro atoms. The smallest absolute Gasteiger partial charge is 0.230 e. The van der Waals surface area contributed by atoms with Crippen LogP contribution in [0.1, 0.15) is 30.2 Å². The molecule has 0 radical (unpaired) electrons. The van der Waals surface area contributed by atoms with Crippen molar-refractivity contribution in [2.45, 2.75) is 25.3 Å². The number of benzene rings is 1. The Balaban J connectivity index is 1.45. The monoisotopic (exact) mass is 342 g/mol. The van der Waals surface area contributed by atoms with Gasteiger partial charge in [0.25, 0.3) is 0 Å². The van der Waals surface area contributed by atoms with Gasteiger partial charge in [0.1, 0.15) is 0 Å². The molecule has 0 amide bonds. The third kappa shape index (κ3) is 4.08. The summed E-state index contributed by atoms with van der Waals surface area (Å²) in [5.74, 6) is 1.90. The molecule has 2 saturated heterocycles. The number of rotatable bonds is 4. The molecule has 3 heterocycles. The molecule has 25 heavy (non-hydrogen) atoms. The van der Waals surface area contributed by atoms with Crippen molar-refractivity contribution in [3.63, 3.8) is 0 Å². The number of hydrogen-bond acceptors (Lipinski definition) is 6. The summed E-state index contributed by atoms with van der Waals surface area (Å²) in [7, 11) is 2.16. The molecule has 2 aromatic rings. The van der Waals surface area contributed by atoms with Crippen molar-refractivity contribution in [2.24, 2.45) is 0 Å². The van der Waals surface area contributed by atoms with Crippen LogP contribution in [0, 0.1) is 0 Å². The molecular weight excluding hydrogens is 316 g/mol. The maximum atomic E-state index is 5.58. The van der Waals surface area contributed by atoms with Gasteiger partial charge in [-0.25, -0.2) is 0 Å². The zero-order valence-electron chi connectivity index (χ0n) is 14.9. The summed E-state index contributed by atoms with van der Waals surface area (Å²) in [5, 5.41) is 4.24. The Kier molecular flexibility index (Phi) is 5.10. The molecule has 2 fully saturated rings. The van der Waals surface area contributed by atoms with Crippen LogP contribution in [0.4, 0.5) is 0 Å². The van der Waals surface area contributed by atoms with Gasteiger partial charge in [-0.1, -0.05) is 23.4 Å². The molecule has 2 aliphatic rings. The van der Waals surface area contributed by atoms with E-state index in [1.807, 2.05) is 0 Å². The Hall–Kier alpha value is -1.76.